The summed E-state index contributed by atoms with van der Waals surface area (Å²) in [7, 11) is -3.08. The molecule has 26 heavy (non-hydrogen) atoms. The zero-order valence-electron chi connectivity index (χ0n) is 15.0. The van der Waals surface area contributed by atoms with E-state index in [1.54, 1.807) is 12.1 Å². The molecule has 0 atom stereocenters. The zero-order valence-corrected chi connectivity index (χ0v) is 15.8. The molecule has 0 spiro atoms. The first-order valence-corrected chi connectivity index (χ1v) is 11.0. The summed E-state index contributed by atoms with van der Waals surface area (Å²) >= 11 is 0. The summed E-state index contributed by atoms with van der Waals surface area (Å²) in [6, 6.07) is 7.27. The van der Waals surface area contributed by atoms with Crippen molar-refractivity contribution in [2.45, 2.75) is 12.8 Å². The molecule has 1 aromatic rings. The molecule has 2 aliphatic rings. The smallest absolute Gasteiger partial charge is 0.251 e. The van der Waals surface area contributed by atoms with E-state index in [9.17, 15) is 18.0 Å². The third-order valence-electron chi connectivity index (χ3n) is 4.77. The lowest BCUT2D eigenvalue weighted by molar-refractivity contribution is -0.132. The molecule has 0 radical (unpaired) electrons. The molecule has 8 heteroatoms. The van der Waals surface area contributed by atoms with Crippen LogP contribution < -0.4 is 10.2 Å². The van der Waals surface area contributed by atoms with Crippen molar-refractivity contribution in [3.8, 4) is 0 Å². The predicted molar refractivity (Wildman–Crippen MR) is 100 cm³/mol. The summed E-state index contributed by atoms with van der Waals surface area (Å²) in [5.74, 6) is 0.216. The summed E-state index contributed by atoms with van der Waals surface area (Å²) in [4.78, 5) is 28.3. The van der Waals surface area contributed by atoms with Crippen LogP contribution in [0.5, 0.6) is 0 Å². The Balaban J connectivity index is 1.50. The number of amides is 2. The number of piperazine rings is 1. The number of hydrogen-bond acceptors (Lipinski definition) is 5. The quantitative estimate of drug-likeness (QED) is 0.779. The third-order valence-corrected chi connectivity index (χ3v) is 5.72. The van der Waals surface area contributed by atoms with E-state index in [0.29, 0.717) is 11.5 Å². The van der Waals surface area contributed by atoms with Crippen molar-refractivity contribution in [1.82, 2.24) is 10.2 Å². The number of sulfone groups is 1. The fraction of sp³-hybridized carbons (Fsp3) is 0.556. The molecule has 1 aromatic carbocycles. The van der Waals surface area contributed by atoms with Crippen LogP contribution in [0, 0.1) is 5.92 Å². The van der Waals surface area contributed by atoms with Crippen LogP contribution in [0.3, 0.4) is 0 Å². The van der Waals surface area contributed by atoms with Gasteiger partial charge in [-0.25, -0.2) is 8.42 Å². The van der Waals surface area contributed by atoms with Gasteiger partial charge in [-0.15, -0.1) is 0 Å². The largest absolute Gasteiger partial charge is 0.368 e. The van der Waals surface area contributed by atoms with Crippen LogP contribution in [0.4, 0.5) is 5.69 Å². The van der Waals surface area contributed by atoms with Crippen LogP contribution in [0.2, 0.25) is 0 Å². The molecule has 2 amide bonds. The topological polar surface area (TPSA) is 86.8 Å². The molecule has 2 fully saturated rings. The van der Waals surface area contributed by atoms with E-state index in [1.807, 2.05) is 17.0 Å². The Morgan fingerprint density at radius 2 is 1.69 bits per heavy atom. The van der Waals surface area contributed by atoms with Crippen molar-refractivity contribution in [3.05, 3.63) is 29.8 Å². The minimum atomic E-state index is -3.08. The molecular weight excluding hydrogens is 354 g/mol. The lowest BCUT2D eigenvalue weighted by Gasteiger charge is -2.36. The predicted octanol–water partition coefficient (Wildman–Crippen LogP) is 0.520. The van der Waals surface area contributed by atoms with Gasteiger partial charge in [-0.3, -0.25) is 9.59 Å². The van der Waals surface area contributed by atoms with Gasteiger partial charge in [0.15, 0.2) is 0 Å². The SMILES string of the molecule is CS(=O)(=O)CCNC(=O)c1ccc(N2CCN(C(=O)C3CC3)CC2)cc1. The first-order valence-electron chi connectivity index (χ1n) is 8.93. The Kier molecular flexibility index (Phi) is 5.50. The number of anilines is 1. The van der Waals surface area contributed by atoms with Crippen LogP contribution in [-0.4, -0.2) is 69.9 Å². The first kappa shape index (κ1) is 18.7. The molecule has 142 valence electrons. The Morgan fingerprint density at radius 1 is 1.08 bits per heavy atom. The van der Waals surface area contributed by atoms with E-state index in [4.69, 9.17) is 0 Å². The van der Waals surface area contributed by atoms with Gasteiger partial charge in [-0.2, -0.15) is 0 Å². The average molecular weight is 379 g/mol. The highest BCUT2D eigenvalue weighted by molar-refractivity contribution is 7.90. The number of rotatable bonds is 6. The Labute approximate surface area is 154 Å². The van der Waals surface area contributed by atoms with Crippen LogP contribution in [0.25, 0.3) is 0 Å². The molecule has 1 heterocycles. The van der Waals surface area contributed by atoms with Crippen LogP contribution in [-0.2, 0) is 14.6 Å². The van der Waals surface area contributed by atoms with Gasteiger partial charge in [0.25, 0.3) is 5.91 Å². The molecule has 3 rings (SSSR count). The van der Waals surface area contributed by atoms with Gasteiger partial charge in [0.2, 0.25) is 5.91 Å². The van der Waals surface area contributed by atoms with E-state index in [1.165, 1.54) is 0 Å². The maximum Gasteiger partial charge on any atom is 0.251 e. The van der Waals surface area contributed by atoms with Gasteiger partial charge in [-0.1, -0.05) is 0 Å². The summed E-state index contributed by atoms with van der Waals surface area (Å²) in [5.41, 5.74) is 1.53. The fourth-order valence-electron chi connectivity index (χ4n) is 3.05. The van der Waals surface area contributed by atoms with Gasteiger partial charge in [0, 0.05) is 56.1 Å². The maximum absolute atomic E-state index is 12.1. The molecule has 0 aromatic heterocycles. The van der Waals surface area contributed by atoms with Crippen LogP contribution in [0.1, 0.15) is 23.2 Å². The lowest BCUT2D eigenvalue weighted by atomic mass is 10.1. The average Bonchev–Trinajstić information content (AvgIpc) is 3.45. The molecular formula is C18H25N3O4S. The highest BCUT2D eigenvalue weighted by atomic mass is 32.2. The Bertz CT molecular complexity index is 764. The third kappa shape index (κ3) is 4.97. The number of carbonyl (C=O) groups excluding carboxylic acids is 2. The van der Waals surface area contributed by atoms with Crippen molar-refractivity contribution < 1.29 is 18.0 Å². The molecule has 0 bridgehead atoms. The van der Waals surface area contributed by atoms with Gasteiger partial charge in [0.1, 0.15) is 9.84 Å². The number of benzene rings is 1. The van der Waals surface area contributed by atoms with Gasteiger partial charge in [-0.05, 0) is 37.1 Å². The minimum absolute atomic E-state index is 0.0688. The van der Waals surface area contributed by atoms with E-state index in [-0.39, 0.29) is 24.1 Å². The second-order valence-electron chi connectivity index (χ2n) is 7.02. The monoisotopic (exact) mass is 379 g/mol. The van der Waals surface area contributed by atoms with Crippen molar-refractivity contribution in [3.63, 3.8) is 0 Å². The second-order valence-corrected chi connectivity index (χ2v) is 9.28. The van der Waals surface area contributed by atoms with E-state index < -0.39 is 9.84 Å². The van der Waals surface area contributed by atoms with E-state index in [2.05, 4.69) is 10.2 Å². The summed E-state index contributed by atoms with van der Waals surface area (Å²) in [6.45, 7) is 3.17. The van der Waals surface area contributed by atoms with E-state index >= 15 is 0 Å². The van der Waals surface area contributed by atoms with Crippen molar-refractivity contribution in [2.24, 2.45) is 5.92 Å². The van der Waals surface area contributed by atoms with Gasteiger partial charge >= 0.3 is 0 Å². The highest BCUT2D eigenvalue weighted by Gasteiger charge is 2.34. The summed E-state index contributed by atoms with van der Waals surface area (Å²) in [6.07, 6.45) is 3.21. The summed E-state index contributed by atoms with van der Waals surface area (Å²) < 4.78 is 22.2. The van der Waals surface area contributed by atoms with Crippen molar-refractivity contribution >= 4 is 27.3 Å². The van der Waals surface area contributed by atoms with E-state index in [0.717, 1.165) is 51.0 Å². The number of hydrogen-bond donors (Lipinski definition) is 1. The Hall–Kier alpha value is -2.09. The standard InChI is InChI=1S/C18H25N3O4S/c1-26(24,25)13-8-19-17(22)14-4-6-16(7-5-14)20-9-11-21(12-10-20)18(23)15-2-3-15/h4-7,15H,2-3,8-13H2,1H3,(H,19,22). The maximum atomic E-state index is 12.1. The van der Waals surface area contributed by atoms with Crippen molar-refractivity contribution in [1.29, 1.82) is 0 Å². The summed E-state index contributed by atoms with van der Waals surface area (Å²) in [5, 5.41) is 2.61. The molecule has 1 aliphatic carbocycles. The fourth-order valence-corrected chi connectivity index (χ4v) is 3.52. The lowest BCUT2D eigenvalue weighted by Crippen LogP contribution is -2.49. The van der Waals surface area contributed by atoms with Gasteiger partial charge < -0.3 is 15.1 Å². The molecule has 1 N–H and O–H groups in total. The second kappa shape index (κ2) is 7.65. The van der Waals surface area contributed by atoms with Crippen LogP contribution >= 0.6 is 0 Å². The zero-order chi connectivity index (χ0) is 18.7. The normalized spacial score (nSPS) is 17.9. The molecule has 1 saturated carbocycles. The van der Waals surface area contributed by atoms with Crippen LogP contribution in [0.15, 0.2) is 24.3 Å². The highest BCUT2D eigenvalue weighted by Crippen LogP contribution is 2.31. The van der Waals surface area contributed by atoms with Crippen molar-refractivity contribution in [2.75, 3.05) is 49.6 Å². The van der Waals surface area contributed by atoms with Gasteiger partial charge in [0.05, 0.1) is 5.75 Å². The minimum Gasteiger partial charge on any atom is -0.368 e. The number of nitrogens with zero attached hydrogens (tertiary/aromatic N) is 2. The Morgan fingerprint density at radius 3 is 2.23 bits per heavy atom. The molecule has 0 unspecified atom stereocenters. The molecule has 1 saturated heterocycles. The molecule has 7 nitrogen and oxygen atoms in total. The molecule has 1 aliphatic heterocycles. The number of carbonyl (C=O) groups is 2. The number of nitrogens with one attached hydrogen (secondary N) is 1. The first-order chi connectivity index (χ1) is 12.3.